The van der Waals surface area contributed by atoms with Crippen LogP contribution in [0.25, 0.3) is 0 Å². The molecule has 0 aromatic heterocycles. The van der Waals surface area contributed by atoms with E-state index < -0.39 is 30.0 Å². The second-order valence-corrected chi connectivity index (χ2v) is 16.8. The molecule has 0 saturated carbocycles. The third-order valence-electron chi connectivity index (χ3n) is 10.1. The maximum Gasteiger partial charge on any atom is 0.320 e. The minimum atomic E-state index is -1.02. The number of likely N-dealkylation sites (N-methyl/N-ethyl adjacent to an activating group) is 1. The molecule has 0 rings (SSSR count). The van der Waals surface area contributed by atoms with Gasteiger partial charge in [-0.15, -0.1) is 0 Å². The fourth-order valence-corrected chi connectivity index (χ4v) is 6.11. The number of rotatable bonds is 48. The number of hydrogen-bond donors (Lipinski definition) is 8. The first-order valence-corrected chi connectivity index (χ1v) is 26.1. The minimum absolute atomic E-state index is 0.0874. The number of carbonyl (C=O) groups is 8. The Bertz CT molecular complexity index is 1290. The van der Waals surface area contributed by atoms with Crippen molar-refractivity contribution in [2.45, 2.75) is 187 Å². The van der Waals surface area contributed by atoms with Gasteiger partial charge in [0.15, 0.2) is 7.98 Å². The molecule has 2 atom stereocenters. The maximum absolute atomic E-state index is 11.7. The fourth-order valence-electron chi connectivity index (χ4n) is 6.11. The SMILES string of the molecule is CC.CC(C)C=O.O=CCCCCCCCCCCCCCCCCCCC(=O)O.[B]NC(CCCCNC(=O)COCCOCCNC(=O)COCCOCCNC(=O)CCC(NC)C(=O)O)C(=O)O. The van der Waals surface area contributed by atoms with E-state index in [9.17, 15) is 38.4 Å². The van der Waals surface area contributed by atoms with Crippen molar-refractivity contribution >= 4 is 56.2 Å². The van der Waals surface area contributed by atoms with Gasteiger partial charge in [-0.1, -0.05) is 118 Å². The molecule has 21 heteroatoms. The van der Waals surface area contributed by atoms with Crippen molar-refractivity contribution in [3.05, 3.63) is 0 Å². The Kier molecular flexibility index (Phi) is 62.4. The number of aliphatic carboxylic acids is 3. The van der Waals surface area contributed by atoms with Gasteiger partial charge in [0.25, 0.3) is 0 Å². The van der Waals surface area contributed by atoms with Crippen molar-refractivity contribution in [3.63, 3.8) is 0 Å². The van der Waals surface area contributed by atoms with E-state index in [0.29, 0.717) is 32.2 Å². The van der Waals surface area contributed by atoms with Crippen LogP contribution in [0.15, 0.2) is 0 Å². The van der Waals surface area contributed by atoms with E-state index in [2.05, 4.69) is 26.5 Å². The summed E-state index contributed by atoms with van der Waals surface area (Å²) < 4.78 is 21.0. The summed E-state index contributed by atoms with van der Waals surface area (Å²) in [6.45, 7) is 9.82. The largest absolute Gasteiger partial charge is 0.481 e. The zero-order chi connectivity index (χ0) is 54.0. The quantitative estimate of drug-likeness (QED) is 0.0218. The average molecular weight is 1020 g/mol. The third kappa shape index (κ3) is 64.0. The molecule has 0 fully saturated rings. The highest BCUT2D eigenvalue weighted by Gasteiger charge is 2.16. The number of nitrogens with one attached hydrogen (secondary N) is 5. The predicted molar refractivity (Wildman–Crippen MR) is 275 cm³/mol. The number of carbonyl (C=O) groups excluding carboxylic acids is 5. The van der Waals surface area contributed by atoms with Crippen LogP contribution in [0.3, 0.4) is 0 Å². The lowest BCUT2D eigenvalue weighted by molar-refractivity contribution is -0.140. The second-order valence-electron chi connectivity index (χ2n) is 16.8. The summed E-state index contributed by atoms with van der Waals surface area (Å²) in [5, 5.41) is 39.1. The number of hydrogen-bond acceptors (Lipinski definition) is 14. The molecule has 0 aromatic rings. The summed E-state index contributed by atoms with van der Waals surface area (Å²) in [6, 6.07) is -1.57. The molecule has 0 aliphatic carbocycles. The smallest absolute Gasteiger partial charge is 0.320 e. The molecule has 20 nitrogen and oxygen atoms in total. The Hall–Kier alpha value is -4.02. The first-order valence-electron chi connectivity index (χ1n) is 26.1. The van der Waals surface area contributed by atoms with Crippen molar-refractivity contribution in [2.75, 3.05) is 79.5 Å². The van der Waals surface area contributed by atoms with E-state index in [1.165, 1.54) is 90.5 Å². The van der Waals surface area contributed by atoms with E-state index >= 15 is 0 Å². The van der Waals surface area contributed by atoms with Gasteiger partial charge in [0.2, 0.25) is 17.7 Å². The molecule has 8 N–H and O–H groups in total. The van der Waals surface area contributed by atoms with Crippen molar-refractivity contribution in [1.29, 1.82) is 0 Å². The summed E-state index contributed by atoms with van der Waals surface area (Å²) in [6.07, 6.45) is 25.0. The molecular formula is C50H96BN5O15. The lowest BCUT2D eigenvalue weighted by atomic mass is 10.0. The molecule has 2 radical (unpaired) electrons. The van der Waals surface area contributed by atoms with Gasteiger partial charge in [0.1, 0.15) is 31.8 Å². The highest BCUT2D eigenvalue weighted by molar-refractivity contribution is 6.06. The monoisotopic (exact) mass is 1020 g/mol. The average Bonchev–Trinajstić information content (AvgIpc) is 3.34. The molecule has 2 unspecified atom stereocenters. The molecular weight excluding hydrogens is 921 g/mol. The predicted octanol–water partition coefficient (Wildman–Crippen LogP) is 5.31. The van der Waals surface area contributed by atoms with Crippen LogP contribution in [0, 0.1) is 5.92 Å². The van der Waals surface area contributed by atoms with Crippen molar-refractivity contribution in [1.82, 2.24) is 26.5 Å². The topological polar surface area (TPSA) is 294 Å². The van der Waals surface area contributed by atoms with Gasteiger partial charge in [0, 0.05) is 44.8 Å². The lowest BCUT2D eigenvalue weighted by Gasteiger charge is -2.11. The van der Waals surface area contributed by atoms with Gasteiger partial charge in [-0.2, -0.15) is 0 Å². The van der Waals surface area contributed by atoms with Crippen LogP contribution in [-0.4, -0.2) is 163 Å². The van der Waals surface area contributed by atoms with Crippen LogP contribution in [-0.2, 0) is 57.3 Å². The summed E-state index contributed by atoms with van der Waals surface area (Å²) in [7, 11) is 6.67. The molecule has 0 aliphatic heterocycles. The normalized spacial score (nSPS) is 11.3. The highest BCUT2D eigenvalue weighted by atomic mass is 16.5. The van der Waals surface area contributed by atoms with E-state index in [1.807, 2.05) is 27.7 Å². The lowest BCUT2D eigenvalue weighted by Crippen LogP contribution is -2.36. The fraction of sp³-hybridized carbons (Fsp3) is 0.840. The van der Waals surface area contributed by atoms with E-state index in [4.69, 9.17) is 42.2 Å². The molecule has 0 saturated heterocycles. The molecule has 414 valence electrons. The van der Waals surface area contributed by atoms with Crippen LogP contribution in [0.1, 0.15) is 175 Å². The zero-order valence-corrected chi connectivity index (χ0v) is 44.2. The molecule has 0 heterocycles. The summed E-state index contributed by atoms with van der Waals surface area (Å²) in [4.78, 5) is 86.8. The van der Waals surface area contributed by atoms with Gasteiger partial charge in [-0.3, -0.25) is 28.8 Å². The maximum atomic E-state index is 11.7. The standard InChI is InChI=1S/C24H44BN5O11.C20H38O3.C4H8O.C2H6/c1-26-18(23(34)35)5-6-20(31)28-8-10-38-12-15-41-17-22(33)29-9-11-39-13-14-40-16-21(32)27-7-3-2-4-19(30-25)24(36)37;21-19-17-15-13-11-9-7-5-3-1-2-4-6-8-10-12-14-16-18-20(22)23;1-4(2)3-5;1-2/h18-19,26,30H,2-17H2,1H3,(H,27,32)(H,28,31)(H,29,33)(H,34,35)(H,36,37);19H,1-18H2,(H,22,23);3-4H,1-2H3;1-2H3. The van der Waals surface area contributed by atoms with Crippen molar-refractivity contribution in [2.24, 2.45) is 5.92 Å². The van der Waals surface area contributed by atoms with Gasteiger partial charge in [-0.05, 0) is 45.6 Å². The van der Waals surface area contributed by atoms with Gasteiger partial charge in [0.05, 0.1) is 45.7 Å². The Morgan fingerprint density at radius 2 is 0.887 bits per heavy atom. The first kappa shape index (κ1) is 73.5. The van der Waals surface area contributed by atoms with Crippen LogP contribution in [0.4, 0.5) is 0 Å². The second kappa shape index (κ2) is 60.3. The summed E-state index contributed by atoms with van der Waals surface area (Å²) in [5.74, 6) is -3.34. The van der Waals surface area contributed by atoms with E-state index in [-0.39, 0.29) is 102 Å². The zero-order valence-electron chi connectivity index (χ0n) is 44.2. The number of aldehydes is 2. The Morgan fingerprint density at radius 3 is 1.27 bits per heavy atom. The number of carboxylic acids is 3. The summed E-state index contributed by atoms with van der Waals surface area (Å²) in [5.41, 5.74) is 0. The van der Waals surface area contributed by atoms with Gasteiger partial charge >= 0.3 is 17.9 Å². The number of unbranched alkanes of at least 4 members (excludes halogenated alkanes) is 17. The number of ether oxygens (including phenoxy) is 4. The van der Waals surface area contributed by atoms with Gasteiger partial charge < -0.3 is 70.4 Å². The molecule has 71 heavy (non-hydrogen) atoms. The van der Waals surface area contributed by atoms with Crippen LogP contribution >= 0.6 is 0 Å². The van der Waals surface area contributed by atoms with E-state index in [0.717, 1.165) is 38.3 Å². The molecule has 3 amide bonds. The van der Waals surface area contributed by atoms with Crippen LogP contribution in [0.5, 0.6) is 0 Å². The van der Waals surface area contributed by atoms with Crippen LogP contribution < -0.4 is 26.5 Å². The third-order valence-corrected chi connectivity index (χ3v) is 10.1. The molecule has 0 spiro atoms. The van der Waals surface area contributed by atoms with E-state index in [1.54, 1.807) is 0 Å². The van der Waals surface area contributed by atoms with Crippen LogP contribution in [0.2, 0.25) is 0 Å². The molecule has 0 aliphatic rings. The number of amides is 3. The van der Waals surface area contributed by atoms with Crippen molar-refractivity contribution in [3.8, 4) is 0 Å². The minimum Gasteiger partial charge on any atom is -0.481 e. The first-order chi connectivity index (χ1) is 34.2. The summed E-state index contributed by atoms with van der Waals surface area (Å²) >= 11 is 0. The molecule has 0 bridgehead atoms. The van der Waals surface area contributed by atoms with Crippen molar-refractivity contribution < 1.29 is 72.6 Å². The van der Waals surface area contributed by atoms with Gasteiger partial charge in [-0.25, -0.2) is 0 Å². The highest BCUT2D eigenvalue weighted by Crippen LogP contribution is 2.14. The Morgan fingerprint density at radius 1 is 0.493 bits per heavy atom. The Balaban J connectivity index is -0.000000625. The Labute approximate surface area is 427 Å². The number of carboxylic acid groups (broad SMARTS) is 3. The molecule has 0 aromatic carbocycles.